The number of halogens is 2. The van der Waals surface area contributed by atoms with Crippen molar-refractivity contribution in [1.82, 2.24) is 4.90 Å². The van der Waals surface area contributed by atoms with Gasteiger partial charge in [0.25, 0.3) is 5.91 Å². The summed E-state index contributed by atoms with van der Waals surface area (Å²) in [7, 11) is 0. The van der Waals surface area contributed by atoms with Crippen molar-refractivity contribution >= 4 is 29.1 Å². The minimum atomic E-state index is -0.127. The molecule has 1 fully saturated rings. The van der Waals surface area contributed by atoms with E-state index in [0.29, 0.717) is 35.2 Å². The van der Waals surface area contributed by atoms with Crippen LogP contribution in [-0.2, 0) is 0 Å². The zero-order valence-electron chi connectivity index (χ0n) is 12.6. The average molecular weight is 349 g/mol. The molecule has 23 heavy (non-hydrogen) atoms. The number of likely N-dealkylation sites (tertiary alicyclic amines) is 1. The molecule has 0 bridgehead atoms. The molecule has 0 saturated carbocycles. The average Bonchev–Trinajstić information content (AvgIpc) is 3.00. The Morgan fingerprint density at radius 2 is 1.70 bits per heavy atom. The molecule has 2 atom stereocenters. The number of carbonyl (C=O) groups excluding carboxylic acids is 1. The van der Waals surface area contributed by atoms with Crippen LogP contribution in [0.25, 0.3) is 0 Å². The van der Waals surface area contributed by atoms with Crippen LogP contribution in [0.2, 0.25) is 10.0 Å². The van der Waals surface area contributed by atoms with Crippen molar-refractivity contribution in [3.8, 4) is 0 Å². The highest BCUT2D eigenvalue weighted by atomic mass is 35.5. The second-order valence-electron chi connectivity index (χ2n) is 5.82. The minimum Gasteiger partial charge on any atom is -0.338 e. The zero-order chi connectivity index (χ0) is 16.4. The molecule has 1 aliphatic heterocycles. The number of nitrogens with zero attached hydrogens (tertiary/aromatic N) is 1. The van der Waals surface area contributed by atoms with E-state index in [1.165, 1.54) is 5.56 Å². The summed E-state index contributed by atoms with van der Waals surface area (Å²) in [5, 5.41) is 0.768. The molecule has 2 aromatic rings. The third-order valence-electron chi connectivity index (χ3n) is 4.44. The maximum absolute atomic E-state index is 12.8. The normalized spacial score (nSPS) is 20.7. The molecule has 0 aliphatic carbocycles. The van der Waals surface area contributed by atoms with E-state index in [4.69, 9.17) is 28.9 Å². The first-order chi connectivity index (χ1) is 11.1. The first-order valence-electron chi connectivity index (χ1n) is 7.60. The quantitative estimate of drug-likeness (QED) is 0.916. The van der Waals surface area contributed by atoms with Crippen molar-refractivity contribution in [2.24, 2.45) is 11.7 Å². The molecule has 1 heterocycles. The lowest BCUT2D eigenvalue weighted by Gasteiger charge is -2.18. The fraction of sp³-hybridized carbons (Fsp3) is 0.278. The van der Waals surface area contributed by atoms with Gasteiger partial charge in [-0.3, -0.25) is 4.79 Å². The topological polar surface area (TPSA) is 46.3 Å². The summed E-state index contributed by atoms with van der Waals surface area (Å²) in [5.74, 6) is 0.353. The molecule has 3 nitrogen and oxygen atoms in total. The van der Waals surface area contributed by atoms with Crippen molar-refractivity contribution in [2.75, 3.05) is 19.6 Å². The van der Waals surface area contributed by atoms with Crippen LogP contribution in [0.5, 0.6) is 0 Å². The molecule has 0 radical (unpaired) electrons. The number of nitrogens with two attached hydrogens (primary N) is 1. The van der Waals surface area contributed by atoms with E-state index in [1.54, 1.807) is 18.2 Å². The number of carbonyl (C=O) groups is 1. The molecule has 2 aromatic carbocycles. The molecule has 0 unspecified atom stereocenters. The SMILES string of the molecule is NC[C@@H]1CN(C(=O)c2c(Cl)cccc2Cl)C[C@H]1c1ccccc1. The van der Waals surface area contributed by atoms with Crippen molar-refractivity contribution in [2.45, 2.75) is 5.92 Å². The van der Waals surface area contributed by atoms with E-state index >= 15 is 0 Å². The lowest BCUT2D eigenvalue weighted by Crippen LogP contribution is -2.30. The van der Waals surface area contributed by atoms with Crippen molar-refractivity contribution in [1.29, 1.82) is 0 Å². The largest absolute Gasteiger partial charge is 0.338 e. The van der Waals surface area contributed by atoms with Crippen LogP contribution in [0.4, 0.5) is 0 Å². The van der Waals surface area contributed by atoms with Gasteiger partial charge in [0.1, 0.15) is 0 Å². The van der Waals surface area contributed by atoms with Gasteiger partial charge in [-0.25, -0.2) is 0 Å². The summed E-state index contributed by atoms with van der Waals surface area (Å²) in [6.45, 7) is 1.79. The number of hydrogen-bond acceptors (Lipinski definition) is 2. The zero-order valence-corrected chi connectivity index (χ0v) is 14.1. The standard InChI is InChI=1S/C18H18Cl2N2O/c19-15-7-4-8-16(20)17(15)18(23)22-10-13(9-21)14(11-22)12-5-2-1-3-6-12/h1-8,13-14H,9-11,21H2/t13-,14+/m1/s1. The fourth-order valence-corrected chi connectivity index (χ4v) is 3.77. The second kappa shape index (κ2) is 6.91. The number of rotatable bonds is 3. The van der Waals surface area contributed by atoms with Crippen LogP contribution in [0.15, 0.2) is 48.5 Å². The Labute approximate surface area is 146 Å². The Morgan fingerprint density at radius 1 is 1.04 bits per heavy atom. The minimum absolute atomic E-state index is 0.127. The van der Waals surface area contributed by atoms with Gasteiger partial charge in [0, 0.05) is 19.0 Å². The van der Waals surface area contributed by atoms with Crippen LogP contribution in [0, 0.1) is 5.92 Å². The summed E-state index contributed by atoms with van der Waals surface area (Å²) in [4.78, 5) is 14.7. The molecule has 3 rings (SSSR count). The highest BCUT2D eigenvalue weighted by Gasteiger charge is 2.36. The van der Waals surface area contributed by atoms with E-state index < -0.39 is 0 Å². The molecule has 0 spiro atoms. The lowest BCUT2D eigenvalue weighted by molar-refractivity contribution is 0.0787. The van der Waals surface area contributed by atoms with Crippen LogP contribution in [-0.4, -0.2) is 30.4 Å². The Morgan fingerprint density at radius 3 is 2.30 bits per heavy atom. The molecular weight excluding hydrogens is 331 g/mol. The number of amides is 1. The molecule has 2 N–H and O–H groups in total. The Balaban J connectivity index is 1.86. The third-order valence-corrected chi connectivity index (χ3v) is 5.07. The monoisotopic (exact) mass is 348 g/mol. The van der Waals surface area contributed by atoms with Gasteiger partial charge in [-0.2, -0.15) is 0 Å². The van der Waals surface area contributed by atoms with Crippen molar-refractivity contribution in [3.63, 3.8) is 0 Å². The van der Waals surface area contributed by atoms with E-state index in [1.807, 2.05) is 23.1 Å². The molecule has 1 amide bonds. The molecule has 1 saturated heterocycles. The van der Waals surface area contributed by atoms with Crippen LogP contribution in [0.1, 0.15) is 21.8 Å². The van der Waals surface area contributed by atoms with E-state index in [0.717, 1.165) is 0 Å². The summed E-state index contributed by atoms with van der Waals surface area (Å²) >= 11 is 12.3. The predicted octanol–water partition coefficient (Wildman–Crippen LogP) is 3.81. The Kier molecular flexibility index (Phi) is 4.90. The third kappa shape index (κ3) is 3.23. The molecule has 120 valence electrons. The highest BCUT2D eigenvalue weighted by molar-refractivity contribution is 6.39. The van der Waals surface area contributed by atoms with Crippen LogP contribution in [0.3, 0.4) is 0 Å². The molecule has 5 heteroatoms. The van der Waals surface area contributed by atoms with Crippen LogP contribution < -0.4 is 5.73 Å². The van der Waals surface area contributed by atoms with Crippen molar-refractivity contribution < 1.29 is 4.79 Å². The molecular formula is C18H18Cl2N2O. The number of benzene rings is 2. The Bertz CT molecular complexity index is 685. The lowest BCUT2D eigenvalue weighted by atomic mass is 9.89. The summed E-state index contributed by atoms with van der Waals surface area (Å²) in [5.41, 5.74) is 7.52. The summed E-state index contributed by atoms with van der Waals surface area (Å²) < 4.78 is 0. The van der Waals surface area contributed by atoms with Crippen LogP contribution >= 0.6 is 23.2 Å². The predicted molar refractivity (Wildman–Crippen MR) is 94.1 cm³/mol. The Hall–Kier alpha value is -1.55. The van der Waals surface area contributed by atoms with Gasteiger partial charge in [0.05, 0.1) is 15.6 Å². The van der Waals surface area contributed by atoms with Gasteiger partial charge >= 0.3 is 0 Å². The summed E-state index contributed by atoms with van der Waals surface area (Å²) in [6.07, 6.45) is 0. The van der Waals surface area contributed by atoms with Gasteiger partial charge in [0.15, 0.2) is 0 Å². The highest BCUT2D eigenvalue weighted by Crippen LogP contribution is 2.34. The summed E-state index contributed by atoms with van der Waals surface area (Å²) in [6, 6.07) is 15.3. The fourth-order valence-electron chi connectivity index (χ4n) is 3.21. The van der Waals surface area contributed by atoms with Gasteiger partial charge in [-0.05, 0) is 30.2 Å². The maximum atomic E-state index is 12.8. The second-order valence-corrected chi connectivity index (χ2v) is 6.63. The van der Waals surface area contributed by atoms with Gasteiger partial charge < -0.3 is 10.6 Å². The smallest absolute Gasteiger partial charge is 0.256 e. The van der Waals surface area contributed by atoms with E-state index in [9.17, 15) is 4.79 Å². The first-order valence-corrected chi connectivity index (χ1v) is 8.35. The van der Waals surface area contributed by atoms with E-state index in [2.05, 4.69) is 12.1 Å². The first kappa shape index (κ1) is 16.3. The molecule has 0 aromatic heterocycles. The van der Waals surface area contributed by atoms with Crippen molar-refractivity contribution in [3.05, 3.63) is 69.7 Å². The molecule has 1 aliphatic rings. The van der Waals surface area contributed by atoms with E-state index in [-0.39, 0.29) is 17.7 Å². The van der Waals surface area contributed by atoms with Gasteiger partial charge in [-0.1, -0.05) is 59.6 Å². The maximum Gasteiger partial charge on any atom is 0.256 e. The van der Waals surface area contributed by atoms with Gasteiger partial charge in [-0.15, -0.1) is 0 Å². The number of hydrogen-bond donors (Lipinski definition) is 1. The van der Waals surface area contributed by atoms with Gasteiger partial charge in [0.2, 0.25) is 0 Å².